The zero-order chi connectivity index (χ0) is 20.6. The second-order valence-electron chi connectivity index (χ2n) is 6.96. The number of hydrogen-bond donors (Lipinski definition) is 1. The van der Waals surface area contributed by atoms with E-state index in [0.717, 1.165) is 42.7 Å². The van der Waals surface area contributed by atoms with E-state index in [1.807, 2.05) is 18.2 Å². The first-order chi connectivity index (χ1) is 14.1. The van der Waals surface area contributed by atoms with Crippen LogP contribution in [0.3, 0.4) is 0 Å². The molecule has 3 rings (SSSR count). The molecule has 4 nitrogen and oxygen atoms in total. The van der Waals surface area contributed by atoms with Gasteiger partial charge in [0.25, 0.3) is 0 Å². The molecule has 0 aliphatic rings. The molecule has 0 amide bonds. The number of benzene rings is 3. The van der Waals surface area contributed by atoms with Crippen LogP contribution in [-0.4, -0.2) is 25.3 Å². The summed E-state index contributed by atoms with van der Waals surface area (Å²) in [6.07, 6.45) is 3.54. The lowest BCUT2D eigenvalue weighted by atomic mass is 9.94. The monoisotopic (exact) mass is 390 g/mol. The average Bonchev–Trinajstić information content (AvgIpc) is 2.77. The van der Waals surface area contributed by atoms with Crippen molar-refractivity contribution in [3.05, 3.63) is 94.5 Å². The summed E-state index contributed by atoms with van der Waals surface area (Å²) in [7, 11) is 3.30. The minimum atomic E-state index is -0.903. The molecule has 0 atom stereocenters. The highest BCUT2D eigenvalue weighted by atomic mass is 16.5. The molecule has 0 heterocycles. The standard InChI is InChI=1S/C25H26O4/c1-28-23-16-21(14-10-18-6-4-3-5-7-18)22(17-24(23)29-2)15-11-19-8-12-20(13-9-19)25(26)27/h3-9,12-13,16-17H,10-11,14-15H2,1-2H3,(H,26,27). The number of aryl methyl sites for hydroxylation is 4. The first-order valence-corrected chi connectivity index (χ1v) is 9.70. The Labute approximate surface area is 171 Å². The van der Waals surface area contributed by atoms with E-state index in [4.69, 9.17) is 14.6 Å². The van der Waals surface area contributed by atoms with Gasteiger partial charge in [-0.25, -0.2) is 4.79 Å². The molecule has 0 bridgehead atoms. The largest absolute Gasteiger partial charge is 0.493 e. The van der Waals surface area contributed by atoms with Crippen molar-refractivity contribution in [2.45, 2.75) is 25.7 Å². The molecule has 1 N–H and O–H groups in total. The van der Waals surface area contributed by atoms with E-state index in [9.17, 15) is 4.79 Å². The van der Waals surface area contributed by atoms with Gasteiger partial charge < -0.3 is 14.6 Å². The Bertz CT molecular complexity index is 947. The molecule has 3 aromatic carbocycles. The molecule has 150 valence electrons. The number of carboxylic acid groups (broad SMARTS) is 1. The lowest BCUT2D eigenvalue weighted by Gasteiger charge is -2.15. The third-order valence-corrected chi connectivity index (χ3v) is 5.12. The summed E-state index contributed by atoms with van der Waals surface area (Å²) in [4.78, 5) is 11.0. The van der Waals surface area contributed by atoms with E-state index in [1.54, 1.807) is 26.4 Å². The number of methoxy groups -OCH3 is 2. The van der Waals surface area contributed by atoms with Crippen molar-refractivity contribution in [1.82, 2.24) is 0 Å². The fourth-order valence-corrected chi connectivity index (χ4v) is 3.45. The Morgan fingerprint density at radius 2 is 1.21 bits per heavy atom. The van der Waals surface area contributed by atoms with E-state index in [1.165, 1.54) is 16.7 Å². The molecule has 0 saturated carbocycles. The number of hydrogen-bond acceptors (Lipinski definition) is 3. The molecule has 29 heavy (non-hydrogen) atoms. The van der Waals surface area contributed by atoms with Crippen molar-refractivity contribution in [3.8, 4) is 11.5 Å². The van der Waals surface area contributed by atoms with Gasteiger partial charge in [0.05, 0.1) is 19.8 Å². The van der Waals surface area contributed by atoms with Crippen molar-refractivity contribution in [2.75, 3.05) is 14.2 Å². The van der Waals surface area contributed by atoms with Crippen LogP contribution in [0.15, 0.2) is 66.7 Å². The van der Waals surface area contributed by atoms with Crippen molar-refractivity contribution in [3.63, 3.8) is 0 Å². The van der Waals surface area contributed by atoms with Crippen LogP contribution in [-0.2, 0) is 25.7 Å². The Balaban J connectivity index is 1.79. The van der Waals surface area contributed by atoms with Crippen LogP contribution in [0.2, 0.25) is 0 Å². The number of carbonyl (C=O) groups is 1. The Kier molecular flexibility index (Phi) is 6.90. The van der Waals surface area contributed by atoms with Crippen molar-refractivity contribution in [1.29, 1.82) is 0 Å². The number of aromatic carboxylic acids is 1. The molecular weight excluding hydrogens is 364 g/mol. The Morgan fingerprint density at radius 1 is 0.724 bits per heavy atom. The van der Waals surface area contributed by atoms with Gasteiger partial charge in [0.1, 0.15) is 0 Å². The smallest absolute Gasteiger partial charge is 0.335 e. The Hall–Kier alpha value is -3.27. The average molecular weight is 390 g/mol. The fraction of sp³-hybridized carbons (Fsp3) is 0.240. The van der Waals surface area contributed by atoms with Crippen LogP contribution >= 0.6 is 0 Å². The van der Waals surface area contributed by atoms with Gasteiger partial charge in [-0.2, -0.15) is 0 Å². The van der Waals surface area contributed by atoms with Crippen LogP contribution in [0.5, 0.6) is 11.5 Å². The lowest BCUT2D eigenvalue weighted by Crippen LogP contribution is -2.03. The minimum Gasteiger partial charge on any atom is -0.493 e. The molecule has 0 unspecified atom stereocenters. The molecule has 0 aliphatic heterocycles. The zero-order valence-corrected chi connectivity index (χ0v) is 16.9. The van der Waals surface area contributed by atoms with Crippen molar-refractivity contribution in [2.24, 2.45) is 0 Å². The quantitative estimate of drug-likeness (QED) is 0.560. The topological polar surface area (TPSA) is 55.8 Å². The highest BCUT2D eigenvalue weighted by Crippen LogP contribution is 2.32. The summed E-state index contributed by atoms with van der Waals surface area (Å²) in [6, 6.07) is 21.6. The number of rotatable bonds is 9. The molecule has 3 aromatic rings. The fourth-order valence-electron chi connectivity index (χ4n) is 3.45. The Morgan fingerprint density at radius 3 is 1.66 bits per heavy atom. The predicted octanol–water partition coefficient (Wildman–Crippen LogP) is 4.97. The van der Waals surface area contributed by atoms with Crippen LogP contribution in [0.1, 0.15) is 32.6 Å². The van der Waals surface area contributed by atoms with Gasteiger partial charge in [-0.3, -0.25) is 0 Å². The SMILES string of the molecule is COc1cc(CCc2ccccc2)c(CCc2ccc(C(=O)O)cc2)cc1OC. The maximum Gasteiger partial charge on any atom is 0.335 e. The van der Waals surface area contributed by atoms with Gasteiger partial charge in [-0.05, 0) is 72.2 Å². The molecule has 0 saturated heterocycles. The third kappa shape index (κ3) is 5.38. The van der Waals surface area contributed by atoms with E-state index in [-0.39, 0.29) is 0 Å². The summed E-state index contributed by atoms with van der Waals surface area (Å²) in [5.41, 5.74) is 5.19. The van der Waals surface area contributed by atoms with Gasteiger partial charge in [0.2, 0.25) is 0 Å². The van der Waals surface area contributed by atoms with Gasteiger partial charge in [-0.15, -0.1) is 0 Å². The number of carboxylic acids is 1. The van der Waals surface area contributed by atoms with E-state index in [2.05, 4.69) is 36.4 Å². The summed E-state index contributed by atoms with van der Waals surface area (Å²) in [5, 5.41) is 9.05. The van der Waals surface area contributed by atoms with Crippen LogP contribution < -0.4 is 9.47 Å². The highest BCUT2D eigenvalue weighted by Gasteiger charge is 2.12. The van der Waals surface area contributed by atoms with Crippen LogP contribution in [0.25, 0.3) is 0 Å². The summed E-state index contributed by atoms with van der Waals surface area (Å²) < 4.78 is 11.0. The second kappa shape index (κ2) is 9.78. The van der Waals surface area contributed by atoms with E-state index < -0.39 is 5.97 Å². The first-order valence-electron chi connectivity index (χ1n) is 9.70. The van der Waals surface area contributed by atoms with Crippen LogP contribution in [0.4, 0.5) is 0 Å². The van der Waals surface area contributed by atoms with Crippen LogP contribution in [0, 0.1) is 0 Å². The summed E-state index contributed by atoms with van der Waals surface area (Å²) >= 11 is 0. The van der Waals surface area contributed by atoms with Gasteiger partial charge in [0.15, 0.2) is 11.5 Å². The van der Waals surface area contributed by atoms with E-state index >= 15 is 0 Å². The van der Waals surface area contributed by atoms with Gasteiger partial charge in [-0.1, -0.05) is 42.5 Å². The highest BCUT2D eigenvalue weighted by molar-refractivity contribution is 5.87. The van der Waals surface area contributed by atoms with Crippen molar-refractivity contribution < 1.29 is 19.4 Å². The van der Waals surface area contributed by atoms with Gasteiger partial charge >= 0.3 is 5.97 Å². The first kappa shape index (κ1) is 20.5. The molecular formula is C25H26O4. The lowest BCUT2D eigenvalue weighted by molar-refractivity contribution is 0.0697. The summed E-state index contributed by atoms with van der Waals surface area (Å²) in [6.45, 7) is 0. The molecule has 0 aromatic heterocycles. The van der Waals surface area contributed by atoms with E-state index in [0.29, 0.717) is 5.56 Å². The third-order valence-electron chi connectivity index (χ3n) is 5.12. The zero-order valence-electron chi connectivity index (χ0n) is 16.9. The number of ether oxygens (including phenoxy) is 2. The van der Waals surface area contributed by atoms with Crippen molar-refractivity contribution >= 4 is 5.97 Å². The molecule has 0 spiro atoms. The molecule has 4 heteroatoms. The maximum atomic E-state index is 11.0. The molecule has 0 aliphatic carbocycles. The summed E-state index contributed by atoms with van der Waals surface area (Å²) in [5.74, 6) is 0.567. The second-order valence-corrected chi connectivity index (χ2v) is 6.96. The molecule has 0 radical (unpaired) electrons. The molecule has 0 fully saturated rings. The normalized spacial score (nSPS) is 10.6. The predicted molar refractivity (Wildman–Crippen MR) is 114 cm³/mol. The van der Waals surface area contributed by atoms with Gasteiger partial charge in [0, 0.05) is 0 Å². The minimum absolute atomic E-state index is 0.309. The maximum absolute atomic E-state index is 11.0.